The molecule has 2 fully saturated rings. The third-order valence-electron chi connectivity index (χ3n) is 6.10. The third-order valence-corrected chi connectivity index (χ3v) is 6.10. The molecule has 3 unspecified atom stereocenters. The standard InChI is InChI=1S/C19H29N/c1-5-19(2,3)14-11-9-13(10-12-14)18(20-4)17-15-7-6-8-16(15)17/h9-12,15-18,20H,5-8H2,1-4H3. The summed E-state index contributed by atoms with van der Waals surface area (Å²) in [6.07, 6.45) is 5.59. The summed E-state index contributed by atoms with van der Waals surface area (Å²) in [6.45, 7) is 6.95. The van der Waals surface area contributed by atoms with Crippen LogP contribution in [-0.2, 0) is 5.41 Å². The molecule has 1 N–H and O–H groups in total. The highest BCUT2D eigenvalue weighted by Crippen LogP contribution is 2.62. The van der Waals surface area contributed by atoms with Crippen LogP contribution in [0, 0.1) is 17.8 Å². The Hall–Kier alpha value is -0.820. The summed E-state index contributed by atoms with van der Waals surface area (Å²) in [5.74, 6) is 2.93. The lowest BCUT2D eigenvalue weighted by Gasteiger charge is -2.25. The minimum Gasteiger partial charge on any atom is -0.313 e. The van der Waals surface area contributed by atoms with E-state index in [0.717, 1.165) is 17.8 Å². The smallest absolute Gasteiger partial charge is 0.0351 e. The molecule has 0 heterocycles. The van der Waals surface area contributed by atoms with Crippen LogP contribution in [0.15, 0.2) is 24.3 Å². The number of hydrogen-bond donors (Lipinski definition) is 1. The van der Waals surface area contributed by atoms with Crippen molar-refractivity contribution < 1.29 is 0 Å². The van der Waals surface area contributed by atoms with Crippen molar-refractivity contribution in [3.05, 3.63) is 35.4 Å². The first-order chi connectivity index (χ1) is 9.58. The molecule has 0 aromatic heterocycles. The molecule has 1 heteroatoms. The van der Waals surface area contributed by atoms with Crippen molar-refractivity contribution in [2.45, 2.75) is 57.9 Å². The minimum absolute atomic E-state index is 0.295. The second kappa shape index (κ2) is 5.18. The normalized spacial score (nSPS) is 30.1. The van der Waals surface area contributed by atoms with E-state index in [1.165, 1.54) is 36.8 Å². The molecule has 0 spiro atoms. The molecule has 1 nitrogen and oxygen atoms in total. The van der Waals surface area contributed by atoms with Gasteiger partial charge in [-0.25, -0.2) is 0 Å². The fraction of sp³-hybridized carbons (Fsp3) is 0.684. The fourth-order valence-electron chi connectivity index (χ4n) is 4.30. The van der Waals surface area contributed by atoms with Gasteiger partial charge < -0.3 is 5.32 Å². The Morgan fingerprint density at radius 1 is 1.15 bits per heavy atom. The Kier molecular flexibility index (Phi) is 3.66. The summed E-state index contributed by atoms with van der Waals surface area (Å²) in [5.41, 5.74) is 3.25. The molecule has 0 radical (unpaired) electrons. The van der Waals surface area contributed by atoms with Crippen LogP contribution in [0.25, 0.3) is 0 Å². The quantitative estimate of drug-likeness (QED) is 0.820. The van der Waals surface area contributed by atoms with Gasteiger partial charge in [-0.3, -0.25) is 0 Å². The van der Waals surface area contributed by atoms with E-state index in [1.807, 2.05) is 0 Å². The van der Waals surface area contributed by atoms with Gasteiger partial charge in [0.15, 0.2) is 0 Å². The third kappa shape index (κ3) is 2.30. The molecule has 3 atom stereocenters. The topological polar surface area (TPSA) is 12.0 Å². The molecular weight excluding hydrogens is 242 g/mol. The average molecular weight is 271 g/mol. The van der Waals surface area contributed by atoms with E-state index in [0.29, 0.717) is 11.5 Å². The highest BCUT2D eigenvalue weighted by Gasteiger charge is 2.55. The summed E-state index contributed by atoms with van der Waals surface area (Å²) in [5, 5.41) is 3.58. The van der Waals surface area contributed by atoms with Gasteiger partial charge in [0.1, 0.15) is 0 Å². The first kappa shape index (κ1) is 14.1. The van der Waals surface area contributed by atoms with Gasteiger partial charge in [-0.2, -0.15) is 0 Å². The van der Waals surface area contributed by atoms with Crippen LogP contribution < -0.4 is 5.32 Å². The molecule has 1 aromatic carbocycles. The van der Waals surface area contributed by atoms with E-state index in [-0.39, 0.29) is 0 Å². The molecular formula is C19H29N. The Morgan fingerprint density at radius 3 is 2.25 bits per heavy atom. The van der Waals surface area contributed by atoms with Gasteiger partial charge in [-0.05, 0) is 60.6 Å². The van der Waals surface area contributed by atoms with Gasteiger partial charge in [0.2, 0.25) is 0 Å². The predicted molar refractivity (Wildman–Crippen MR) is 85.9 cm³/mol. The zero-order chi connectivity index (χ0) is 14.3. The van der Waals surface area contributed by atoms with Gasteiger partial charge >= 0.3 is 0 Å². The second-order valence-electron chi connectivity index (χ2n) is 7.46. The van der Waals surface area contributed by atoms with Crippen LogP contribution >= 0.6 is 0 Å². The van der Waals surface area contributed by atoms with E-state index < -0.39 is 0 Å². The van der Waals surface area contributed by atoms with Crippen LogP contribution in [0.1, 0.15) is 63.6 Å². The Bertz CT molecular complexity index is 449. The zero-order valence-corrected chi connectivity index (χ0v) is 13.4. The van der Waals surface area contributed by atoms with Crippen LogP contribution in [0.4, 0.5) is 0 Å². The second-order valence-corrected chi connectivity index (χ2v) is 7.46. The lowest BCUT2D eigenvalue weighted by atomic mass is 9.81. The van der Waals surface area contributed by atoms with E-state index in [2.05, 4.69) is 57.4 Å². The van der Waals surface area contributed by atoms with Crippen molar-refractivity contribution >= 4 is 0 Å². The maximum atomic E-state index is 3.58. The maximum absolute atomic E-state index is 3.58. The van der Waals surface area contributed by atoms with Crippen molar-refractivity contribution in [3.63, 3.8) is 0 Å². The summed E-state index contributed by atoms with van der Waals surface area (Å²) in [6, 6.07) is 10.00. The molecule has 2 aliphatic rings. The van der Waals surface area contributed by atoms with E-state index >= 15 is 0 Å². The number of benzene rings is 1. The van der Waals surface area contributed by atoms with Crippen LogP contribution in [0.5, 0.6) is 0 Å². The van der Waals surface area contributed by atoms with E-state index in [9.17, 15) is 0 Å². The highest BCUT2D eigenvalue weighted by molar-refractivity contribution is 5.31. The molecule has 2 aliphatic carbocycles. The van der Waals surface area contributed by atoms with Gasteiger partial charge in [-0.15, -0.1) is 0 Å². The van der Waals surface area contributed by atoms with Gasteiger partial charge in [0.25, 0.3) is 0 Å². The number of rotatable bonds is 5. The highest BCUT2D eigenvalue weighted by atomic mass is 14.9. The molecule has 0 amide bonds. The Morgan fingerprint density at radius 2 is 1.75 bits per heavy atom. The molecule has 20 heavy (non-hydrogen) atoms. The predicted octanol–water partition coefficient (Wildman–Crippen LogP) is 4.68. The Balaban J connectivity index is 1.76. The molecule has 1 aromatic rings. The lowest BCUT2D eigenvalue weighted by molar-refractivity contribution is 0.444. The summed E-state index contributed by atoms with van der Waals surface area (Å²) in [7, 11) is 2.13. The van der Waals surface area contributed by atoms with E-state index in [1.54, 1.807) is 0 Å². The molecule has 110 valence electrons. The van der Waals surface area contributed by atoms with E-state index in [4.69, 9.17) is 0 Å². The fourth-order valence-corrected chi connectivity index (χ4v) is 4.30. The van der Waals surface area contributed by atoms with Gasteiger partial charge in [0, 0.05) is 6.04 Å². The number of nitrogens with one attached hydrogen (secondary N) is 1. The van der Waals surface area contributed by atoms with Crippen molar-refractivity contribution in [1.82, 2.24) is 5.32 Å². The van der Waals surface area contributed by atoms with Crippen molar-refractivity contribution in [1.29, 1.82) is 0 Å². The van der Waals surface area contributed by atoms with Gasteiger partial charge in [-0.1, -0.05) is 51.5 Å². The number of fused-ring (bicyclic) bond motifs is 1. The van der Waals surface area contributed by atoms with Crippen molar-refractivity contribution in [2.24, 2.45) is 17.8 Å². The van der Waals surface area contributed by atoms with Crippen LogP contribution in [0.3, 0.4) is 0 Å². The van der Waals surface area contributed by atoms with Gasteiger partial charge in [0.05, 0.1) is 0 Å². The molecule has 0 aliphatic heterocycles. The molecule has 0 saturated heterocycles. The minimum atomic E-state index is 0.295. The van der Waals surface area contributed by atoms with Crippen molar-refractivity contribution in [3.8, 4) is 0 Å². The molecule has 0 bridgehead atoms. The Labute approximate surface area is 124 Å². The maximum Gasteiger partial charge on any atom is 0.0351 e. The average Bonchev–Trinajstić information content (AvgIpc) is 2.93. The SMILES string of the molecule is CCC(C)(C)c1ccc(C(NC)C2C3CCCC32)cc1. The van der Waals surface area contributed by atoms with Crippen LogP contribution in [-0.4, -0.2) is 7.05 Å². The summed E-state index contributed by atoms with van der Waals surface area (Å²) in [4.78, 5) is 0. The summed E-state index contributed by atoms with van der Waals surface area (Å²) >= 11 is 0. The lowest BCUT2D eigenvalue weighted by Crippen LogP contribution is -2.21. The first-order valence-corrected chi connectivity index (χ1v) is 8.36. The number of hydrogen-bond acceptors (Lipinski definition) is 1. The molecule has 3 rings (SSSR count). The zero-order valence-electron chi connectivity index (χ0n) is 13.4. The molecule has 2 saturated carbocycles. The first-order valence-electron chi connectivity index (χ1n) is 8.36. The monoisotopic (exact) mass is 271 g/mol. The largest absolute Gasteiger partial charge is 0.313 e. The van der Waals surface area contributed by atoms with Crippen LogP contribution in [0.2, 0.25) is 0 Å². The summed E-state index contributed by atoms with van der Waals surface area (Å²) < 4.78 is 0. The van der Waals surface area contributed by atoms with Crippen molar-refractivity contribution in [2.75, 3.05) is 7.05 Å².